The summed E-state index contributed by atoms with van der Waals surface area (Å²) in [6.07, 6.45) is 0. The van der Waals surface area contributed by atoms with Crippen molar-refractivity contribution < 1.29 is 14.3 Å². The van der Waals surface area contributed by atoms with Gasteiger partial charge in [-0.2, -0.15) is 0 Å². The Balaban J connectivity index is 2.02. The first-order valence-electron chi connectivity index (χ1n) is 6.21. The van der Waals surface area contributed by atoms with E-state index in [-0.39, 0.29) is 0 Å². The van der Waals surface area contributed by atoms with Gasteiger partial charge < -0.3 is 15.4 Å². The lowest BCUT2D eigenvalue weighted by Crippen LogP contribution is -2.29. The lowest BCUT2D eigenvalue weighted by molar-refractivity contribution is -0.132. The zero-order chi connectivity index (χ0) is 16.1. The molecule has 0 saturated carbocycles. The third-order valence-corrected chi connectivity index (χ3v) is 3.49. The van der Waals surface area contributed by atoms with E-state index in [1.54, 1.807) is 30.3 Å². The van der Waals surface area contributed by atoms with Crippen molar-refractivity contribution in [1.82, 2.24) is 0 Å². The van der Waals surface area contributed by atoms with Gasteiger partial charge in [0.15, 0.2) is 0 Å². The van der Waals surface area contributed by atoms with Crippen molar-refractivity contribution in [1.29, 1.82) is 0 Å². The van der Waals surface area contributed by atoms with Crippen molar-refractivity contribution >= 4 is 50.7 Å². The van der Waals surface area contributed by atoms with Crippen molar-refractivity contribution in [3.05, 3.63) is 52.0 Å². The number of methoxy groups -OCH3 is 1. The molecule has 0 unspecified atom stereocenters. The molecule has 114 valence electrons. The van der Waals surface area contributed by atoms with E-state index in [0.717, 1.165) is 4.47 Å². The molecule has 0 aliphatic rings. The number of halogens is 2. The summed E-state index contributed by atoms with van der Waals surface area (Å²) in [6.45, 7) is 0. The summed E-state index contributed by atoms with van der Waals surface area (Å²) in [5, 5.41) is 5.31. The van der Waals surface area contributed by atoms with Gasteiger partial charge in [-0.1, -0.05) is 33.6 Å². The maximum Gasteiger partial charge on any atom is 0.314 e. The van der Waals surface area contributed by atoms with Crippen LogP contribution in [0.2, 0.25) is 5.02 Å². The first-order valence-corrected chi connectivity index (χ1v) is 7.38. The Morgan fingerprint density at radius 3 is 2.23 bits per heavy atom. The number of ether oxygens (including phenoxy) is 1. The van der Waals surface area contributed by atoms with Crippen molar-refractivity contribution in [2.45, 2.75) is 0 Å². The normalized spacial score (nSPS) is 9.95. The fraction of sp³-hybridized carbons (Fsp3) is 0.0667. The number of nitrogens with one attached hydrogen (secondary N) is 2. The van der Waals surface area contributed by atoms with Gasteiger partial charge >= 0.3 is 11.8 Å². The average molecular weight is 384 g/mol. The topological polar surface area (TPSA) is 67.4 Å². The molecule has 0 aliphatic carbocycles. The highest BCUT2D eigenvalue weighted by Crippen LogP contribution is 2.27. The minimum atomic E-state index is -0.791. The van der Waals surface area contributed by atoms with Crippen LogP contribution in [0.25, 0.3) is 0 Å². The fourth-order valence-electron chi connectivity index (χ4n) is 1.69. The van der Waals surface area contributed by atoms with Gasteiger partial charge in [0.1, 0.15) is 5.75 Å². The van der Waals surface area contributed by atoms with Crippen LogP contribution in [0.5, 0.6) is 5.75 Å². The first-order chi connectivity index (χ1) is 10.5. The van der Waals surface area contributed by atoms with Crippen LogP contribution in [0.3, 0.4) is 0 Å². The number of anilines is 2. The number of hydrogen-bond donors (Lipinski definition) is 2. The zero-order valence-corrected chi connectivity index (χ0v) is 13.9. The summed E-state index contributed by atoms with van der Waals surface area (Å²) >= 11 is 9.24. The van der Waals surface area contributed by atoms with E-state index in [9.17, 15) is 9.59 Å². The largest absolute Gasteiger partial charge is 0.495 e. The van der Waals surface area contributed by atoms with Gasteiger partial charge in [0.2, 0.25) is 0 Å². The number of carbonyl (C=O) groups is 2. The molecule has 0 saturated heterocycles. The van der Waals surface area contributed by atoms with Gasteiger partial charge in [-0.15, -0.1) is 0 Å². The van der Waals surface area contributed by atoms with Gasteiger partial charge in [0, 0.05) is 15.8 Å². The van der Waals surface area contributed by atoms with Crippen molar-refractivity contribution in [3.8, 4) is 5.75 Å². The highest BCUT2D eigenvalue weighted by atomic mass is 79.9. The number of hydrogen-bond acceptors (Lipinski definition) is 3. The molecular formula is C15H12BrClN2O3. The molecule has 0 aromatic heterocycles. The summed E-state index contributed by atoms with van der Waals surface area (Å²) < 4.78 is 5.81. The van der Waals surface area contributed by atoms with Crippen LogP contribution in [0.1, 0.15) is 0 Å². The highest BCUT2D eigenvalue weighted by molar-refractivity contribution is 9.10. The molecule has 7 heteroatoms. The quantitative estimate of drug-likeness (QED) is 0.794. The molecule has 2 aromatic rings. The van der Waals surface area contributed by atoms with Gasteiger partial charge in [-0.25, -0.2) is 0 Å². The minimum Gasteiger partial charge on any atom is -0.495 e. The van der Waals surface area contributed by atoms with E-state index in [1.807, 2.05) is 6.07 Å². The van der Waals surface area contributed by atoms with E-state index >= 15 is 0 Å². The first kappa shape index (κ1) is 16.3. The van der Waals surface area contributed by atoms with Crippen LogP contribution >= 0.6 is 27.5 Å². The van der Waals surface area contributed by atoms with E-state index < -0.39 is 11.8 Å². The third kappa shape index (κ3) is 4.22. The van der Waals surface area contributed by atoms with Crippen LogP contribution in [0.4, 0.5) is 11.4 Å². The molecule has 22 heavy (non-hydrogen) atoms. The van der Waals surface area contributed by atoms with Crippen molar-refractivity contribution in [3.63, 3.8) is 0 Å². The number of rotatable bonds is 3. The summed E-state index contributed by atoms with van der Waals surface area (Å²) in [5.41, 5.74) is 0.919. The zero-order valence-electron chi connectivity index (χ0n) is 11.5. The molecule has 0 heterocycles. The predicted octanol–water partition coefficient (Wildman–Crippen LogP) is 3.69. The summed E-state index contributed by atoms with van der Waals surface area (Å²) in [5.74, 6) is -1.08. The number of carbonyl (C=O) groups excluding carboxylic acids is 2. The Bertz CT molecular complexity index is 722. The number of amides is 2. The van der Waals surface area contributed by atoms with Gasteiger partial charge in [0.05, 0.1) is 12.1 Å². The smallest absolute Gasteiger partial charge is 0.314 e. The average Bonchev–Trinajstić information content (AvgIpc) is 2.47. The van der Waals surface area contributed by atoms with Crippen molar-refractivity contribution in [2.75, 3.05) is 17.7 Å². The third-order valence-electron chi connectivity index (χ3n) is 2.70. The Hall–Kier alpha value is -2.05. The molecule has 0 atom stereocenters. The maximum absolute atomic E-state index is 11.9. The monoisotopic (exact) mass is 382 g/mol. The van der Waals surface area contributed by atoms with E-state index in [2.05, 4.69) is 26.6 Å². The lowest BCUT2D eigenvalue weighted by atomic mass is 10.3. The fourth-order valence-corrected chi connectivity index (χ4v) is 2.34. The molecule has 0 fully saturated rings. The highest BCUT2D eigenvalue weighted by Gasteiger charge is 2.14. The molecule has 0 aliphatic heterocycles. The van der Waals surface area contributed by atoms with Crippen LogP contribution in [-0.4, -0.2) is 18.9 Å². The van der Waals surface area contributed by atoms with E-state index in [1.165, 1.54) is 13.2 Å². The molecule has 2 N–H and O–H groups in total. The predicted molar refractivity (Wildman–Crippen MR) is 89.4 cm³/mol. The molecule has 2 aromatic carbocycles. The Morgan fingerprint density at radius 2 is 1.68 bits per heavy atom. The maximum atomic E-state index is 11.9. The Kier molecular flexibility index (Phi) is 5.41. The molecule has 2 amide bonds. The Morgan fingerprint density at radius 1 is 1.05 bits per heavy atom. The van der Waals surface area contributed by atoms with Gasteiger partial charge in [-0.3, -0.25) is 9.59 Å². The second-order valence-corrected chi connectivity index (χ2v) is 5.59. The van der Waals surface area contributed by atoms with Gasteiger partial charge in [0.25, 0.3) is 0 Å². The van der Waals surface area contributed by atoms with Crippen LogP contribution < -0.4 is 15.4 Å². The molecule has 0 radical (unpaired) electrons. The molecule has 5 nitrogen and oxygen atoms in total. The summed E-state index contributed by atoms with van der Waals surface area (Å²) in [7, 11) is 1.49. The van der Waals surface area contributed by atoms with Crippen LogP contribution in [-0.2, 0) is 9.59 Å². The summed E-state index contributed by atoms with van der Waals surface area (Å²) in [6, 6.07) is 11.6. The SMILES string of the molecule is COc1ccc(NC(=O)C(=O)Nc2cccc(Br)c2)cc1Cl. The second kappa shape index (κ2) is 7.29. The van der Waals surface area contributed by atoms with Crippen LogP contribution in [0, 0.1) is 0 Å². The second-order valence-electron chi connectivity index (χ2n) is 4.27. The lowest BCUT2D eigenvalue weighted by Gasteiger charge is -2.08. The minimum absolute atomic E-state index is 0.340. The van der Waals surface area contributed by atoms with Crippen molar-refractivity contribution in [2.24, 2.45) is 0 Å². The standard InChI is InChI=1S/C15H12BrClN2O3/c1-22-13-6-5-11(8-12(13)17)19-15(21)14(20)18-10-4-2-3-9(16)7-10/h2-8H,1H3,(H,18,20)(H,19,21). The number of benzene rings is 2. The summed E-state index contributed by atoms with van der Waals surface area (Å²) in [4.78, 5) is 23.7. The van der Waals surface area contributed by atoms with E-state index in [0.29, 0.717) is 22.1 Å². The van der Waals surface area contributed by atoms with E-state index in [4.69, 9.17) is 16.3 Å². The Labute approximate surface area is 140 Å². The molecule has 0 spiro atoms. The molecule has 0 bridgehead atoms. The molecule has 2 rings (SSSR count). The van der Waals surface area contributed by atoms with Crippen LogP contribution in [0.15, 0.2) is 46.9 Å². The molecular weight excluding hydrogens is 372 g/mol. The van der Waals surface area contributed by atoms with Gasteiger partial charge in [-0.05, 0) is 36.4 Å².